The minimum atomic E-state index is -0.230. The lowest BCUT2D eigenvalue weighted by molar-refractivity contribution is 0.165. The molecule has 0 bridgehead atoms. The zero-order valence-corrected chi connectivity index (χ0v) is 13.3. The highest BCUT2D eigenvalue weighted by molar-refractivity contribution is 7.15. The molecule has 0 spiro atoms. The molecular formula is C14H25N3O2S. The third-order valence-electron chi connectivity index (χ3n) is 3.89. The maximum Gasteiger partial charge on any atom is 0.321 e. The van der Waals surface area contributed by atoms with E-state index in [0.29, 0.717) is 18.1 Å². The van der Waals surface area contributed by atoms with Gasteiger partial charge in [0.1, 0.15) is 0 Å². The molecule has 0 fully saturated rings. The molecule has 1 rings (SSSR count). The lowest BCUT2D eigenvalue weighted by Gasteiger charge is -2.31. The van der Waals surface area contributed by atoms with E-state index in [2.05, 4.69) is 36.4 Å². The molecule has 0 aromatic carbocycles. The standard InChI is InChI=1S/C14H25N3O2S/c1-4-11-9-15-13(20-11)17-12(19)16-10-14(5-2,6-3)7-8-18/h9,18H,4-8,10H2,1-3H3,(H2,15,16,17,19). The van der Waals surface area contributed by atoms with Gasteiger partial charge in [-0.3, -0.25) is 5.32 Å². The number of hydrogen-bond donors (Lipinski definition) is 3. The van der Waals surface area contributed by atoms with Crippen LogP contribution in [0.1, 0.15) is 44.9 Å². The Morgan fingerprint density at radius 2 is 2.10 bits per heavy atom. The molecular weight excluding hydrogens is 274 g/mol. The van der Waals surface area contributed by atoms with Gasteiger partial charge in [0.2, 0.25) is 0 Å². The Kier molecular flexibility index (Phi) is 6.95. The first-order valence-corrected chi connectivity index (χ1v) is 8.01. The van der Waals surface area contributed by atoms with Crippen molar-refractivity contribution in [3.8, 4) is 0 Å². The van der Waals surface area contributed by atoms with Crippen molar-refractivity contribution in [3.05, 3.63) is 11.1 Å². The highest BCUT2D eigenvalue weighted by Crippen LogP contribution is 2.29. The number of nitrogens with zero attached hydrogens (tertiary/aromatic N) is 1. The van der Waals surface area contributed by atoms with E-state index in [-0.39, 0.29) is 18.1 Å². The molecule has 3 N–H and O–H groups in total. The summed E-state index contributed by atoms with van der Waals surface area (Å²) >= 11 is 1.49. The number of aromatic nitrogens is 1. The molecule has 0 radical (unpaired) electrons. The predicted octanol–water partition coefficient (Wildman–Crippen LogP) is 3.02. The number of aryl methyl sites for hydroxylation is 1. The van der Waals surface area contributed by atoms with E-state index in [9.17, 15) is 4.79 Å². The van der Waals surface area contributed by atoms with E-state index in [0.717, 1.165) is 24.1 Å². The van der Waals surface area contributed by atoms with Crippen LogP contribution in [0.4, 0.5) is 9.93 Å². The van der Waals surface area contributed by atoms with Crippen molar-refractivity contribution in [2.24, 2.45) is 5.41 Å². The van der Waals surface area contributed by atoms with Crippen molar-refractivity contribution in [3.63, 3.8) is 0 Å². The number of thiazole rings is 1. The van der Waals surface area contributed by atoms with Crippen molar-refractivity contribution in [1.29, 1.82) is 0 Å². The van der Waals surface area contributed by atoms with Gasteiger partial charge in [-0.1, -0.05) is 20.8 Å². The molecule has 1 aromatic heterocycles. The molecule has 114 valence electrons. The summed E-state index contributed by atoms with van der Waals surface area (Å²) in [5.41, 5.74) is -0.0243. The Morgan fingerprint density at radius 1 is 1.40 bits per heavy atom. The van der Waals surface area contributed by atoms with Crippen LogP contribution in [0, 0.1) is 5.41 Å². The van der Waals surface area contributed by atoms with E-state index in [1.807, 2.05) is 0 Å². The third-order valence-corrected chi connectivity index (χ3v) is 4.95. The van der Waals surface area contributed by atoms with Gasteiger partial charge in [0, 0.05) is 24.2 Å². The van der Waals surface area contributed by atoms with E-state index in [1.165, 1.54) is 11.3 Å². The Labute approximate surface area is 124 Å². The number of anilines is 1. The fourth-order valence-corrected chi connectivity index (χ4v) is 2.86. The summed E-state index contributed by atoms with van der Waals surface area (Å²) in [6.45, 7) is 6.96. The van der Waals surface area contributed by atoms with E-state index < -0.39 is 0 Å². The van der Waals surface area contributed by atoms with Crippen LogP contribution in [0.25, 0.3) is 0 Å². The van der Waals surface area contributed by atoms with E-state index in [4.69, 9.17) is 5.11 Å². The highest BCUT2D eigenvalue weighted by Gasteiger charge is 2.26. The zero-order chi connectivity index (χ0) is 15.0. The molecule has 0 aliphatic rings. The molecule has 0 atom stereocenters. The first-order valence-electron chi connectivity index (χ1n) is 7.19. The molecule has 2 amide bonds. The number of aliphatic hydroxyl groups is 1. The van der Waals surface area contributed by atoms with Crippen LogP contribution in [0.5, 0.6) is 0 Å². The van der Waals surface area contributed by atoms with Crippen molar-refractivity contribution in [2.75, 3.05) is 18.5 Å². The summed E-state index contributed by atoms with van der Waals surface area (Å²) in [5.74, 6) is 0. The van der Waals surface area contributed by atoms with Gasteiger partial charge in [0.25, 0.3) is 0 Å². The summed E-state index contributed by atoms with van der Waals surface area (Å²) in [7, 11) is 0. The second-order valence-corrected chi connectivity index (χ2v) is 6.09. The number of hydrogen-bond acceptors (Lipinski definition) is 4. The molecule has 0 aliphatic carbocycles. The Balaban J connectivity index is 2.49. The van der Waals surface area contributed by atoms with Gasteiger partial charge in [-0.2, -0.15) is 0 Å². The fourth-order valence-electron chi connectivity index (χ4n) is 2.12. The number of urea groups is 1. The fraction of sp³-hybridized carbons (Fsp3) is 0.714. The predicted molar refractivity (Wildman–Crippen MR) is 83.2 cm³/mol. The summed E-state index contributed by atoms with van der Waals surface area (Å²) < 4.78 is 0. The molecule has 1 heterocycles. The van der Waals surface area contributed by atoms with Gasteiger partial charge in [-0.15, -0.1) is 11.3 Å². The monoisotopic (exact) mass is 299 g/mol. The second-order valence-electron chi connectivity index (χ2n) is 4.97. The number of carbonyl (C=O) groups is 1. The summed E-state index contributed by atoms with van der Waals surface area (Å²) in [5, 5.41) is 15.4. The Hall–Kier alpha value is -1.14. The van der Waals surface area contributed by atoms with Crippen LogP contribution in [-0.2, 0) is 6.42 Å². The summed E-state index contributed by atoms with van der Waals surface area (Å²) in [6, 6.07) is -0.230. The van der Waals surface area contributed by atoms with Crippen molar-refractivity contribution in [1.82, 2.24) is 10.3 Å². The van der Waals surface area contributed by atoms with Gasteiger partial charge in [-0.25, -0.2) is 9.78 Å². The topological polar surface area (TPSA) is 74.2 Å². The number of aliphatic hydroxyl groups excluding tert-OH is 1. The van der Waals surface area contributed by atoms with Gasteiger partial charge < -0.3 is 10.4 Å². The molecule has 1 aromatic rings. The maximum atomic E-state index is 11.9. The lowest BCUT2D eigenvalue weighted by Crippen LogP contribution is -2.39. The van der Waals surface area contributed by atoms with E-state index in [1.54, 1.807) is 6.20 Å². The Bertz CT molecular complexity index is 416. The van der Waals surface area contributed by atoms with Crippen molar-refractivity contribution < 1.29 is 9.90 Å². The molecule has 0 saturated carbocycles. The molecule has 5 nitrogen and oxygen atoms in total. The molecule has 0 saturated heterocycles. The molecule has 6 heteroatoms. The average molecular weight is 299 g/mol. The van der Waals surface area contributed by atoms with Crippen LogP contribution in [-0.4, -0.2) is 29.3 Å². The lowest BCUT2D eigenvalue weighted by atomic mass is 9.79. The number of nitrogens with one attached hydrogen (secondary N) is 2. The molecule has 0 aliphatic heterocycles. The number of carbonyl (C=O) groups excluding carboxylic acids is 1. The smallest absolute Gasteiger partial charge is 0.321 e. The number of amides is 2. The van der Waals surface area contributed by atoms with Crippen LogP contribution in [0.2, 0.25) is 0 Å². The van der Waals surface area contributed by atoms with Gasteiger partial charge in [0.05, 0.1) is 0 Å². The maximum absolute atomic E-state index is 11.9. The summed E-state index contributed by atoms with van der Waals surface area (Å²) in [6.07, 6.45) is 5.28. The average Bonchev–Trinajstić information content (AvgIpc) is 2.91. The Morgan fingerprint density at radius 3 is 2.60 bits per heavy atom. The highest BCUT2D eigenvalue weighted by atomic mass is 32.1. The van der Waals surface area contributed by atoms with Gasteiger partial charge >= 0.3 is 6.03 Å². The number of rotatable bonds is 8. The van der Waals surface area contributed by atoms with Crippen molar-refractivity contribution in [2.45, 2.75) is 46.5 Å². The largest absolute Gasteiger partial charge is 0.396 e. The summed E-state index contributed by atoms with van der Waals surface area (Å²) in [4.78, 5) is 17.2. The third kappa shape index (κ3) is 4.76. The SMILES string of the molecule is CCc1cnc(NC(=O)NCC(CC)(CC)CCO)s1. The van der Waals surface area contributed by atoms with Crippen LogP contribution >= 0.6 is 11.3 Å². The zero-order valence-electron chi connectivity index (χ0n) is 12.5. The normalized spacial score (nSPS) is 11.4. The molecule has 20 heavy (non-hydrogen) atoms. The first kappa shape index (κ1) is 16.9. The van der Waals surface area contributed by atoms with Crippen LogP contribution < -0.4 is 10.6 Å². The minimum absolute atomic E-state index is 0.0243. The minimum Gasteiger partial charge on any atom is -0.396 e. The second kappa shape index (κ2) is 8.21. The van der Waals surface area contributed by atoms with Crippen molar-refractivity contribution >= 4 is 22.5 Å². The van der Waals surface area contributed by atoms with E-state index >= 15 is 0 Å². The van der Waals surface area contributed by atoms with Crippen LogP contribution in [0.15, 0.2) is 6.20 Å². The first-order chi connectivity index (χ1) is 9.59. The van der Waals surface area contributed by atoms with Gasteiger partial charge in [-0.05, 0) is 31.1 Å². The molecule has 0 unspecified atom stereocenters. The van der Waals surface area contributed by atoms with Crippen LogP contribution in [0.3, 0.4) is 0 Å². The van der Waals surface area contributed by atoms with Gasteiger partial charge in [0.15, 0.2) is 5.13 Å². The quantitative estimate of drug-likeness (QED) is 0.691.